The molecule has 0 saturated carbocycles. The number of nitrogens with one attached hydrogen (secondary N) is 2. The molecule has 0 radical (unpaired) electrons. The first kappa shape index (κ1) is 21.4. The fourth-order valence-corrected chi connectivity index (χ4v) is 4.50. The first-order chi connectivity index (χ1) is 14.9. The lowest BCUT2D eigenvalue weighted by Crippen LogP contribution is -2.53. The summed E-state index contributed by atoms with van der Waals surface area (Å²) in [6.45, 7) is 6.23. The van der Waals surface area contributed by atoms with Crippen molar-refractivity contribution >= 4 is 11.9 Å². The third kappa shape index (κ3) is 5.25. The lowest BCUT2D eigenvalue weighted by molar-refractivity contribution is -0.0124. The van der Waals surface area contributed by atoms with E-state index >= 15 is 0 Å². The predicted octanol–water partition coefficient (Wildman–Crippen LogP) is 3.29. The molecule has 0 bridgehead atoms. The SMILES string of the molecule is CC1CN(C(=O)c2cccc(CNC(=O)NC3(C)CCc4ccccc4C3)c2)CCO1. The Morgan fingerprint density at radius 3 is 2.77 bits per heavy atom. The van der Waals surface area contributed by atoms with Crippen LogP contribution in [-0.4, -0.2) is 48.2 Å². The van der Waals surface area contributed by atoms with Crippen molar-refractivity contribution in [1.29, 1.82) is 0 Å². The summed E-state index contributed by atoms with van der Waals surface area (Å²) >= 11 is 0. The molecule has 0 aromatic heterocycles. The van der Waals surface area contributed by atoms with E-state index in [9.17, 15) is 9.59 Å². The number of ether oxygens (including phenoxy) is 1. The molecule has 2 aromatic rings. The number of hydrogen-bond donors (Lipinski definition) is 2. The van der Waals surface area contributed by atoms with E-state index in [4.69, 9.17) is 4.74 Å². The standard InChI is InChI=1S/C25H31N3O3/c1-18-17-28(12-13-31-18)23(29)21-9-5-6-19(14-21)16-26-24(30)27-25(2)11-10-20-7-3-4-8-22(20)15-25/h3-9,14,18H,10-13,15-17H2,1-2H3,(H2,26,27,30). The average Bonchev–Trinajstić information content (AvgIpc) is 2.77. The molecular formula is C25H31N3O3. The predicted molar refractivity (Wildman–Crippen MR) is 120 cm³/mol. The molecule has 31 heavy (non-hydrogen) atoms. The fourth-order valence-electron chi connectivity index (χ4n) is 4.50. The summed E-state index contributed by atoms with van der Waals surface area (Å²) in [5.41, 5.74) is 3.97. The summed E-state index contributed by atoms with van der Waals surface area (Å²) in [5, 5.41) is 6.11. The quantitative estimate of drug-likeness (QED) is 0.796. The number of nitrogens with zero attached hydrogens (tertiary/aromatic N) is 1. The van der Waals surface area contributed by atoms with Crippen LogP contribution >= 0.6 is 0 Å². The van der Waals surface area contributed by atoms with Crippen molar-refractivity contribution in [3.8, 4) is 0 Å². The van der Waals surface area contributed by atoms with Gasteiger partial charge < -0.3 is 20.3 Å². The third-order valence-corrected chi connectivity index (χ3v) is 6.22. The van der Waals surface area contributed by atoms with Gasteiger partial charge in [0.1, 0.15) is 0 Å². The largest absolute Gasteiger partial charge is 0.375 e. The number of amides is 3. The van der Waals surface area contributed by atoms with Gasteiger partial charge in [0.15, 0.2) is 0 Å². The van der Waals surface area contributed by atoms with Crippen molar-refractivity contribution in [3.05, 3.63) is 70.8 Å². The van der Waals surface area contributed by atoms with Crippen molar-refractivity contribution in [1.82, 2.24) is 15.5 Å². The van der Waals surface area contributed by atoms with Gasteiger partial charge in [0.25, 0.3) is 5.91 Å². The molecule has 2 atom stereocenters. The second-order valence-electron chi connectivity index (χ2n) is 8.95. The fraction of sp³-hybridized carbons (Fsp3) is 0.440. The monoisotopic (exact) mass is 421 g/mol. The van der Waals surface area contributed by atoms with Crippen molar-refractivity contribution in [3.63, 3.8) is 0 Å². The van der Waals surface area contributed by atoms with E-state index in [0.717, 1.165) is 24.8 Å². The zero-order valence-electron chi connectivity index (χ0n) is 18.3. The highest BCUT2D eigenvalue weighted by atomic mass is 16.5. The molecule has 1 aliphatic carbocycles. The van der Waals surface area contributed by atoms with Crippen LogP contribution in [0.3, 0.4) is 0 Å². The molecule has 1 heterocycles. The Morgan fingerprint density at radius 2 is 1.97 bits per heavy atom. The van der Waals surface area contributed by atoms with Crippen LogP contribution in [0.4, 0.5) is 4.79 Å². The number of urea groups is 1. The van der Waals surface area contributed by atoms with Gasteiger partial charge in [0, 0.05) is 30.7 Å². The number of carbonyl (C=O) groups is 2. The van der Waals surface area contributed by atoms with E-state index in [1.54, 1.807) is 0 Å². The van der Waals surface area contributed by atoms with Gasteiger partial charge in [-0.1, -0.05) is 36.4 Å². The Hall–Kier alpha value is -2.86. The molecule has 2 aliphatic rings. The van der Waals surface area contributed by atoms with Crippen LogP contribution in [-0.2, 0) is 24.1 Å². The van der Waals surface area contributed by atoms with Crippen LogP contribution in [0.5, 0.6) is 0 Å². The van der Waals surface area contributed by atoms with Crippen LogP contribution in [0.2, 0.25) is 0 Å². The molecule has 4 rings (SSSR count). The Morgan fingerprint density at radius 1 is 1.16 bits per heavy atom. The van der Waals surface area contributed by atoms with Gasteiger partial charge >= 0.3 is 6.03 Å². The summed E-state index contributed by atoms with van der Waals surface area (Å²) in [5.74, 6) is 0.00911. The molecule has 2 N–H and O–H groups in total. The minimum Gasteiger partial charge on any atom is -0.375 e. The summed E-state index contributed by atoms with van der Waals surface area (Å²) in [6.07, 6.45) is 2.77. The van der Waals surface area contributed by atoms with Crippen molar-refractivity contribution in [2.75, 3.05) is 19.7 Å². The minimum absolute atomic E-state index is 0.00911. The molecule has 1 saturated heterocycles. The molecular weight excluding hydrogens is 390 g/mol. The second-order valence-corrected chi connectivity index (χ2v) is 8.95. The Labute approximate surface area is 184 Å². The minimum atomic E-state index is -0.261. The maximum Gasteiger partial charge on any atom is 0.315 e. The number of morpholine rings is 1. The maximum absolute atomic E-state index is 12.8. The molecule has 1 aliphatic heterocycles. The molecule has 3 amide bonds. The smallest absolute Gasteiger partial charge is 0.315 e. The highest BCUT2D eigenvalue weighted by Crippen LogP contribution is 2.28. The van der Waals surface area contributed by atoms with E-state index in [1.807, 2.05) is 36.1 Å². The summed E-state index contributed by atoms with van der Waals surface area (Å²) in [4.78, 5) is 27.2. The average molecular weight is 422 g/mol. The number of benzene rings is 2. The summed E-state index contributed by atoms with van der Waals surface area (Å²) in [6, 6.07) is 15.7. The molecule has 2 aromatic carbocycles. The zero-order chi connectivity index (χ0) is 21.8. The number of carbonyl (C=O) groups excluding carboxylic acids is 2. The van der Waals surface area contributed by atoms with Crippen LogP contribution in [0.25, 0.3) is 0 Å². The molecule has 6 heteroatoms. The number of hydrogen-bond acceptors (Lipinski definition) is 3. The second kappa shape index (κ2) is 9.10. The number of rotatable bonds is 4. The van der Waals surface area contributed by atoms with Crippen molar-refractivity contribution in [2.45, 2.75) is 51.3 Å². The molecule has 0 spiro atoms. The third-order valence-electron chi connectivity index (χ3n) is 6.22. The zero-order valence-corrected chi connectivity index (χ0v) is 18.3. The van der Waals surface area contributed by atoms with E-state index in [1.165, 1.54) is 11.1 Å². The van der Waals surface area contributed by atoms with Gasteiger partial charge in [-0.25, -0.2) is 4.79 Å². The normalized spacial score (nSPS) is 23.0. The Balaban J connectivity index is 1.32. The Bertz CT molecular complexity index is 961. The van der Waals surface area contributed by atoms with Crippen LogP contribution in [0.15, 0.2) is 48.5 Å². The van der Waals surface area contributed by atoms with Gasteiger partial charge in [-0.05, 0) is 61.9 Å². The first-order valence-corrected chi connectivity index (χ1v) is 11.0. The highest BCUT2D eigenvalue weighted by molar-refractivity contribution is 5.94. The molecule has 164 valence electrons. The van der Waals surface area contributed by atoms with E-state index < -0.39 is 0 Å². The molecule has 1 fully saturated rings. The first-order valence-electron chi connectivity index (χ1n) is 11.0. The van der Waals surface area contributed by atoms with E-state index in [-0.39, 0.29) is 23.6 Å². The number of fused-ring (bicyclic) bond motifs is 1. The van der Waals surface area contributed by atoms with Gasteiger partial charge in [-0.2, -0.15) is 0 Å². The van der Waals surface area contributed by atoms with E-state index in [2.05, 4.69) is 41.8 Å². The van der Waals surface area contributed by atoms with Gasteiger partial charge in [-0.15, -0.1) is 0 Å². The van der Waals surface area contributed by atoms with Gasteiger partial charge in [0.2, 0.25) is 0 Å². The van der Waals surface area contributed by atoms with E-state index in [0.29, 0.717) is 31.8 Å². The lowest BCUT2D eigenvalue weighted by atomic mass is 9.79. The molecule has 2 unspecified atom stereocenters. The van der Waals surface area contributed by atoms with Crippen molar-refractivity contribution < 1.29 is 14.3 Å². The van der Waals surface area contributed by atoms with Crippen LogP contribution in [0.1, 0.15) is 47.3 Å². The van der Waals surface area contributed by atoms with Crippen LogP contribution in [0, 0.1) is 0 Å². The van der Waals surface area contributed by atoms with Crippen molar-refractivity contribution in [2.24, 2.45) is 0 Å². The van der Waals surface area contributed by atoms with Gasteiger partial charge in [0.05, 0.1) is 12.7 Å². The summed E-state index contributed by atoms with van der Waals surface area (Å²) in [7, 11) is 0. The highest BCUT2D eigenvalue weighted by Gasteiger charge is 2.31. The maximum atomic E-state index is 12.8. The topological polar surface area (TPSA) is 70.7 Å². The summed E-state index contributed by atoms with van der Waals surface area (Å²) < 4.78 is 5.52. The Kier molecular flexibility index (Phi) is 6.28. The van der Waals surface area contributed by atoms with Crippen LogP contribution < -0.4 is 10.6 Å². The number of aryl methyl sites for hydroxylation is 1. The lowest BCUT2D eigenvalue weighted by Gasteiger charge is -2.35. The van der Waals surface area contributed by atoms with Gasteiger partial charge in [-0.3, -0.25) is 4.79 Å². The molecule has 6 nitrogen and oxygen atoms in total.